The van der Waals surface area contributed by atoms with Crippen molar-refractivity contribution in [2.75, 3.05) is 11.9 Å². The number of hydrogen-bond donors (Lipinski definition) is 1. The fraction of sp³-hybridized carbons (Fsp3) is 0.125. The molecule has 0 saturated carbocycles. The minimum atomic E-state index is 1.07. The van der Waals surface area contributed by atoms with Gasteiger partial charge >= 0.3 is 0 Å². The molecular weight excluding hydrogens is 238 g/mol. The fourth-order valence-electron chi connectivity index (χ4n) is 2.68. The molecular formula is C16H13NS. The van der Waals surface area contributed by atoms with Gasteiger partial charge in [-0.15, -0.1) is 11.3 Å². The third-order valence-corrected chi connectivity index (χ3v) is 4.57. The highest BCUT2D eigenvalue weighted by molar-refractivity contribution is 7.17. The number of benzene rings is 2. The first-order valence-electron chi connectivity index (χ1n) is 6.25. The van der Waals surface area contributed by atoms with E-state index >= 15 is 0 Å². The lowest BCUT2D eigenvalue weighted by Gasteiger charge is -2.06. The molecule has 1 N–H and O–H groups in total. The van der Waals surface area contributed by atoms with Crippen LogP contribution in [0.3, 0.4) is 0 Å². The summed E-state index contributed by atoms with van der Waals surface area (Å²) in [6.45, 7) is 1.07. The van der Waals surface area contributed by atoms with Crippen molar-refractivity contribution in [3.63, 3.8) is 0 Å². The van der Waals surface area contributed by atoms with E-state index in [1.165, 1.54) is 32.5 Å². The van der Waals surface area contributed by atoms with Gasteiger partial charge in [-0.05, 0) is 46.0 Å². The van der Waals surface area contributed by atoms with Gasteiger partial charge in [0.1, 0.15) is 0 Å². The quantitative estimate of drug-likeness (QED) is 0.669. The molecule has 88 valence electrons. The standard InChI is InChI=1S/C16H13NS/c1-2-12-7-9-18-16(12)14(3-1)13-5-4-11-6-8-17-15(11)10-13/h1-5,7,9-10,17H,6,8H2. The van der Waals surface area contributed by atoms with E-state index in [0.717, 1.165) is 13.0 Å². The normalized spacial score (nSPS) is 13.6. The van der Waals surface area contributed by atoms with E-state index in [0.29, 0.717) is 0 Å². The molecule has 2 heteroatoms. The largest absolute Gasteiger partial charge is 0.384 e. The van der Waals surface area contributed by atoms with Crippen LogP contribution in [0.2, 0.25) is 0 Å². The van der Waals surface area contributed by atoms with Crippen molar-refractivity contribution in [3.8, 4) is 11.1 Å². The lowest BCUT2D eigenvalue weighted by Crippen LogP contribution is -1.91. The molecule has 1 aliphatic heterocycles. The number of rotatable bonds is 1. The average Bonchev–Trinajstić information content (AvgIpc) is 3.05. The Morgan fingerprint density at radius 3 is 3.06 bits per heavy atom. The lowest BCUT2D eigenvalue weighted by atomic mass is 10.0. The van der Waals surface area contributed by atoms with Crippen molar-refractivity contribution in [3.05, 3.63) is 53.4 Å². The van der Waals surface area contributed by atoms with E-state index in [-0.39, 0.29) is 0 Å². The van der Waals surface area contributed by atoms with E-state index in [9.17, 15) is 0 Å². The number of thiophene rings is 1. The molecule has 2 aromatic carbocycles. The summed E-state index contributed by atoms with van der Waals surface area (Å²) in [5.41, 5.74) is 5.41. The number of hydrogen-bond acceptors (Lipinski definition) is 2. The summed E-state index contributed by atoms with van der Waals surface area (Å²) < 4.78 is 1.38. The highest BCUT2D eigenvalue weighted by Crippen LogP contribution is 2.35. The van der Waals surface area contributed by atoms with Crippen LogP contribution in [0.1, 0.15) is 5.56 Å². The zero-order chi connectivity index (χ0) is 11.9. The molecule has 4 rings (SSSR count). The first kappa shape index (κ1) is 10.2. The van der Waals surface area contributed by atoms with E-state index < -0.39 is 0 Å². The summed E-state index contributed by atoms with van der Waals surface area (Å²) in [4.78, 5) is 0. The van der Waals surface area contributed by atoms with Gasteiger partial charge in [-0.25, -0.2) is 0 Å². The van der Waals surface area contributed by atoms with Crippen LogP contribution in [-0.4, -0.2) is 6.54 Å². The molecule has 0 aliphatic carbocycles. The number of nitrogens with one attached hydrogen (secondary N) is 1. The molecule has 0 fully saturated rings. The Morgan fingerprint density at radius 2 is 2.06 bits per heavy atom. The molecule has 1 nitrogen and oxygen atoms in total. The summed E-state index contributed by atoms with van der Waals surface area (Å²) >= 11 is 1.82. The molecule has 3 aromatic rings. The third kappa shape index (κ3) is 1.46. The molecule has 18 heavy (non-hydrogen) atoms. The van der Waals surface area contributed by atoms with Gasteiger partial charge in [0.25, 0.3) is 0 Å². The van der Waals surface area contributed by atoms with E-state index in [1.54, 1.807) is 0 Å². The first-order chi connectivity index (χ1) is 8.92. The second-order valence-corrected chi connectivity index (χ2v) is 5.61. The predicted molar refractivity (Wildman–Crippen MR) is 79.5 cm³/mol. The van der Waals surface area contributed by atoms with Gasteiger partial charge in [-0.3, -0.25) is 0 Å². The smallest absolute Gasteiger partial charge is 0.0421 e. The average molecular weight is 251 g/mol. The van der Waals surface area contributed by atoms with Crippen molar-refractivity contribution in [2.45, 2.75) is 6.42 Å². The monoisotopic (exact) mass is 251 g/mol. The third-order valence-electron chi connectivity index (χ3n) is 3.61. The summed E-state index contributed by atoms with van der Waals surface area (Å²) in [7, 11) is 0. The maximum Gasteiger partial charge on any atom is 0.0421 e. The predicted octanol–water partition coefficient (Wildman–Crippen LogP) is 4.54. The Labute approximate surface area is 110 Å². The topological polar surface area (TPSA) is 12.0 Å². The van der Waals surface area contributed by atoms with Crippen molar-refractivity contribution < 1.29 is 0 Å². The summed E-state index contributed by atoms with van der Waals surface area (Å²) in [5.74, 6) is 0. The van der Waals surface area contributed by atoms with E-state index in [2.05, 4.69) is 53.2 Å². The molecule has 0 spiro atoms. The number of anilines is 1. The van der Waals surface area contributed by atoms with Crippen molar-refractivity contribution >= 4 is 27.1 Å². The van der Waals surface area contributed by atoms with Crippen LogP contribution in [0.15, 0.2) is 47.8 Å². The maximum atomic E-state index is 3.46. The van der Waals surface area contributed by atoms with Gasteiger partial charge in [0.15, 0.2) is 0 Å². The van der Waals surface area contributed by atoms with Crippen molar-refractivity contribution in [1.29, 1.82) is 0 Å². The van der Waals surface area contributed by atoms with Gasteiger partial charge in [0, 0.05) is 16.9 Å². The summed E-state index contributed by atoms with van der Waals surface area (Å²) in [6.07, 6.45) is 1.15. The SMILES string of the molecule is c1cc(-c2ccc3c(c2)NCC3)c2sccc2c1. The Kier molecular flexibility index (Phi) is 2.17. The molecule has 1 aromatic heterocycles. The van der Waals surface area contributed by atoms with Crippen LogP contribution in [-0.2, 0) is 6.42 Å². The lowest BCUT2D eigenvalue weighted by molar-refractivity contribution is 1.11. The Bertz CT molecular complexity index is 727. The highest BCUT2D eigenvalue weighted by Gasteiger charge is 2.12. The zero-order valence-electron chi connectivity index (χ0n) is 9.94. The summed E-state index contributed by atoms with van der Waals surface area (Å²) in [6, 6.07) is 15.5. The van der Waals surface area contributed by atoms with Crippen molar-refractivity contribution in [1.82, 2.24) is 0 Å². The highest BCUT2D eigenvalue weighted by atomic mass is 32.1. The van der Waals surface area contributed by atoms with Gasteiger partial charge in [0.05, 0.1) is 0 Å². The molecule has 0 bridgehead atoms. The van der Waals surface area contributed by atoms with Crippen LogP contribution < -0.4 is 5.32 Å². The number of fused-ring (bicyclic) bond motifs is 2. The van der Waals surface area contributed by atoms with Gasteiger partial charge < -0.3 is 5.32 Å². The molecule has 0 unspecified atom stereocenters. The van der Waals surface area contributed by atoms with Crippen LogP contribution >= 0.6 is 11.3 Å². The minimum Gasteiger partial charge on any atom is -0.384 e. The van der Waals surface area contributed by atoms with Crippen molar-refractivity contribution in [2.24, 2.45) is 0 Å². The van der Waals surface area contributed by atoms with Gasteiger partial charge in [-0.2, -0.15) is 0 Å². The first-order valence-corrected chi connectivity index (χ1v) is 7.13. The van der Waals surface area contributed by atoms with E-state index in [1.807, 2.05) is 11.3 Å². The molecule has 0 radical (unpaired) electrons. The van der Waals surface area contributed by atoms with Crippen LogP contribution in [0.5, 0.6) is 0 Å². The molecule has 1 aliphatic rings. The van der Waals surface area contributed by atoms with Crippen LogP contribution in [0, 0.1) is 0 Å². The molecule has 0 atom stereocenters. The molecule has 0 amide bonds. The Hall–Kier alpha value is -1.80. The van der Waals surface area contributed by atoms with E-state index in [4.69, 9.17) is 0 Å². The van der Waals surface area contributed by atoms with Gasteiger partial charge in [-0.1, -0.05) is 30.3 Å². The Morgan fingerprint density at radius 1 is 1.06 bits per heavy atom. The van der Waals surface area contributed by atoms with Gasteiger partial charge in [0.2, 0.25) is 0 Å². The fourth-order valence-corrected chi connectivity index (χ4v) is 3.61. The molecule has 2 heterocycles. The van der Waals surface area contributed by atoms with Crippen LogP contribution in [0.25, 0.3) is 21.2 Å². The maximum absolute atomic E-state index is 3.46. The van der Waals surface area contributed by atoms with Crippen LogP contribution in [0.4, 0.5) is 5.69 Å². The summed E-state index contributed by atoms with van der Waals surface area (Å²) in [5, 5.41) is 6.96. The Balaban J connectivity index is 1.94. The zero-order valence-corrected chi connectivity index (χ0v) is 10.8. The second-order valence-electron chi connectivity index (χ2n) is 4.69. The molecule has 0 saturated heterocycles. The minimum absolute atomic E-state index is 1.07. The second kappa shape index (κ2) is 3.85.